The monoisotopic (exact) mass is 302 g/mol. The molecule has 1 atom stereocenters. The summed E-state index contributed by atoms with van der Waals surface area (Å²) in [6.45, 7) is 0. The van der Waals surface area contributed by atoms with Crippen LogP contribution >= 0.6 is 15.9 Å². The van der Waals surface area contributed by atoms with E-state index in [1.165, 1.54) is 19.2 Å². The van der Waals surface area contributed by atoms with Crippen LogP contribution < -0.4 is 0 Å². The van der Waals surface area contributed by atoms with Gasteiger partial charge >= 0.3 is 11.9 Å². The summed E-state index contributed by atoms with van der Waals surface area (Å²) in [5.74, 6) is -1.57. The van der Waals surface area contributed by atoms with Crippen LogP contribution in [0.2, 0.25) is 0 Å². The molecule has 0 amide bonds. The Labute approximate surface area is 106 Å². The van der Waals surface area contributed by atoms with E-state index in [2.05, 4.69) is 25.4 Å². The van der Waals surface area contributed by atoms with Gasteiger partial charge in [-0.3, -0.25) is 0 Å². The van der Waals surface area contributed by atoms with Crippen molar-refractivity contribution in [3.05, 3.63) is 35.4 Å². The summed E-state index contributed by atoms with van der Waals surface area (Å²) in [6.07, 6.45) is 0. The number of benzene rings is 1. The van der Waals surface area contributed by atoms with Gasteiger partial charge in [-0.05, 0) is 22.0 Å². The van der Waals surface area contributed by atoms with Crippen molar-refractivity contribution in [3.8, 4) is 0 Å². The number of carbonyl (C=O) groups excluding carboxylic acids is 2. The lowest BCUT2D eigenvalue weighted by Crippen LogP contribution is -2.32. The van der Waals surface area contributed by atoms with Gasteiger partial charge in [0.15, 0.2) is 0 Å². The maximum Gasteiger partial charge on any atom is 0.354 e. The van der Waals surface area contributed by atoms with Crippen LogP contribution in [0.4, 0.5) is 0 Å². The van der Waals surface area contributed by atoms with Gasteiger partial charge in [-0.15, -0.1) is 0 Å². The van der Waals surface area contributed by atoms with Crippen molar-refractivity contribution in [2.45, 2.75) is 4.51 Å². The number of halogens is 1. The third-order valence-electron chi connectivity index (χ3n) is 2.15. The van der Waals surface area contributed by atoms with Crippen LogP contribution in [0.25, 0.3) is 0 Å². The van der Waals surface area contributed by atoms with Crippen LogP contribution in [0, 0.1) is 0 Å². The molecule has 0 aliphatic carbocycles. The molecule has 0 fully saturated rings. The van der Waals surface area contributed by atoms with Gasteiger partial charge in [0.05, 0.1) is 19.8 Å². The molecular weight excluding hydrogens is 292 g/mol. The zero-order chi connectivity index (χ0) is 13.1. The smallest absolute Gasteiger partial charge is 0.354 e. The minimum atomic E-state index is -2.08. The van der Waals surface area contributed by atoms with Gasteiger partial charge in [-0.25, -0.2) is 9.59 Å². The van der Waals surface area contributed by atoms with Gasteiger partial charge in [-0.2, -0.15) is 0 Å². The van der Waals surface area contributed by atoms with Crippen LogP contribution in [0.1, 0.15) is 15.9 Å². The molecule has 6 heteroatoms. The predicted octanol–water partition coefficient (Wildman–Crippen LogP) is 1.19. The van der Waals surface area contributed by atoms with Gasteiger partial charge < -0.3 is 14.6 Å². The standard InChI is InChI=1S/C11H11BrO5/c1-16-9(13)7-5-3-4-6-8(7)11(12,15)10(14)17-2/h3-6,15H,1-2H3. The molecule has 5 nitrogen and oxygen atoms in total. The first-order chi connectivity index (χ1) is 7.95. The first-order valence-electron chi connectivity index (χ1n) is 4.62. The van der Waals surface area contributed by atoms with E-state index in [0.717, 1.165) is 7.11 Å². The minimum absolute atomic E-state index is 0.0682. The molecule has 92 valence electrons. The zero-order valence-electron chi connectivity index (χ0n) is 9.27. The van der Waals surface area contributed by atoms with Gasteiger partial charge in [-0.1, -0.05) is 18.2 Å². The van der Waals surface area contributed by atoms with Crippen LogP contribution in [0.5, 0.6) is 0 Å². The fourth-order valence-electron chi connectivity index (χ4n) is 1.31. The molecule has 0 spiro atoms. The SMILES string of the molecule is COC(=O)c1ccccc1C(O)(Br)C(=O)OC. The molecular formula is C11H11BrO5. The molecule has 1 aromatic carbocycles. The van der Waals surface area contributed by atoms with E-state index in [-0.39, 0.29) is 11.1 Å². The van der Waals surface area contributed by atoms with E-state index in [1.807, 2.05) is 0 Å². The third-order valence-corrected chi connectivity index (χ3v) is 2.90. The van der Waals surface area contributed by atoms with Crippen LogP contribution in [-0.2, 0) is 18.8 Å². The highest BCUT2D eigenvalue weighted by atomic mass is 79.9. The number of methoxy groups -OCH3 is 2. The van der Waals surface area contributed by atoms with Crippen molar-refractivity contribution in [2.24, 2.45) is 0 Å². The Morgan fingerprint density at radius 2 is 1.82 bits per heavy atom. The zero-order valence-corrected chi connectivity index (χ0v) is 10.9. The fraction of sp³-hybridized carbons (Fsp3) is 0.273. The number of hydrogen-bond acceptors (Lipinski definition) is 5. The molecule has 0 aliphatic rings. The lowest BCUT2D eigenvalue weighted by molar-refractivity contribution is -0.153. The number of alkyl halides is 1. The second-order valence-electron chi connectivity index (χ2n) is 3.15. The van der Waals surface area contributed by atoms with E-state index < -0.39 is 16.4 Å². The van der Waals surface area contributed by atoms with Crippen molar-refractivity contribution in [1.29, 1.82) is 0 Å². The van der Waals surface area contributed by atoms with Gasteiger partial charge in [0.1, 0.15) is 0 Å². The number of rotatable bonds is 3. The summed E-state index contributed by atoms with van der Waals surface area (Å²) in [5, 5.41) is 10.0. The van der Waals surface area contributed by atoms with Gasteiger partial charge in [0, 0.05) is 5.56 Å². The number of hydrogen-bond donors (Lipinski definition) is 1. The van der Waals surface area contributed by atoms with E-state index >= 15 is 0 Å². The maximum atomic E-state index is 11.5. The Hall–Kier alpha value is -1.40. The summed E-state index contributed by atoms with van der Waals surface area (Å²) in [6, 6.07) is 6.04. The average molecular weight is 303 g/mol. The van der Waals surface area contributed by atoms with E-state index in [9.17, 15) is 14.7 Å². The fourth-order valence-corrected chi connectivity index (χ4v) is 1.81. The largest absolute Gasteiger partial charge is 0.466 e. The molecule has 1 N–H and O–H groups in total. The van der Waals surface area contributed by atoms with E-state index in [1.54, 1.807) is 12.1 Å². The molecule has 0 radical (unpaired) electrons. The van der Waals surface area contributed by atoms with Crippen molar-refractivity contribution in [3.63, 3.8) is 0 Å². The summed E-state index contributed by atoms with van der Waals surface area (Å²) in [5.41, 5.74) is 0.151. The van der Waals surface area contributed by atoms with E-state index in [0.29, 0.717) is 0 Å². The molecule has 0 saturated carbocycles. The maximum absolute atomic E-state index is 11.5. The Kier molecular flexibility index (Phi) is 4.25. The second-order valence-corrected chi connectivity index (χ2v) is 4.30. The lowest BCUT2D eigenvalue weighted by atomic mass is 10.0. The summed E-state index contributed by atoms with van der Waals surface area (Å²) in [4.78, 5) is 22.9. The minimum Gasteiger partial charge on any atom is -0.466 e. The molecule has 1 unspecified atom stereocenters. The first-order valence-corrected chi connectivity index (χ1v) is 5.42. The average Bonchev–Trinajstić information content (AvgIpc) is 2.36. The Bertz CT molecular complexity index is 441. The molecule has 1 aromatic rings. The first kappa shape index (κ1) is 13.7. The molecule has 1 rings (SSSR count). The highest BCUT2D eigenvalue weighted by Crippen LogP contribution is 2.32. The predicted molar refractivity (Wildman–Crippen MR) is 62.6 cm³/mol. The van der Waals surface area contributed by atoms with Crippen molar-refractivity contribution in [2.75, 3.05) is 14.2 Å². The molecule has 0 bridgehead atoms. The molecule has 0 saturated heterocycles. The van der Waals surface area contributed by atoms with Crippen molar-refractivity contribution >= 4 is 27.9 Å². The Balaban J connectivity index is 3.31. The topological polar surface area (TPSA) is 72.8 Å². The lowest BCUT2D eigenvalue weighted by Gasteiger charge is -2.20. The van der Waals surface area contributed by atoms with Gasteiger partial charge in [0.2, 0.25) is 4.51 Å². The highest BCUT2D eigenvalue weighted by molar-refractivity contribution is 9.10. The van der Waals surface area contributed by atoms with Crippen LogP contribution in [0.3, 0.4) is 0 Å². The number of esters is 2. The summed E-state index contributed by atoms with van der Waals surface area (Å²) in [7, 11) is 2.35. The quantitative estimate of drug-likeness (QED) is 0.670. The van der Waals surface area contributed by atoms with E-state index in [4.69, 9.17) is 0 Å². The summed E-state index contributed by atoms with van der Waals surface area (Å²) >= 11 is 2.84. The number of ether oxygens (including phenoxy) is 2. The summed E-state index contributed by atoms with van der Waals surface area (Å²) < 4.78 is 6.94. The molecule has 0 aliphatic heterocycles. The second kappa shape index (κ2) is 5.29. The van der Waals surface area contributed by atoms with Crippen molar-refractivity contribution in [1.82, 2.24) is 0 Å². The Morgan fingerprint density at radius 3 is 2.35 bits per heavy atom. The molecule has 0 aromatic heterocycles. The third kappa shape index (κ3) is 2.65. The number of carbonyl (C=O) groups is 2. The molecule has 0 heterocycles. The van der Waals surface area contributed by atoms with Crippen LogP contribution in [-0.4, -0.2) is 31.3 Å². The normalized spacial score (nSPS) is 13.6. The Morgan fingerprint density at radius 1 is 1.24 bits per heavy atom. The highest BCUT2D eigenvalue weighted by Gasteiger charge is 2.39. The number of aliphatic hydroxyl groups is 1. The van der Waals surface area contributed by atoms with Gasteiger partial charge in [0.25, 0.3) is 0 Å². The van der Waals surface area contributed by atoms with Crippen LogP contribution in [0.15, 0.2) is 24.3 Å². The van der Waals surface area contributed by atoms with Crippen molar-refractivity contribution < 1.29 is 24.2 Å². The molecule has 17 heavy (non-hydrogen) atoms.